The van der Waals surface area contributed by atoms with Crippen molar-refractivity contribution in [3.63, 3.8) is 0 Å². The van der Waals surface area contributed by atoms with Crippen LogP contribution in [0.15, 0.2) is 29.4 Å². The van der Waals surface area contributed by atoms with Gasteiger partial charge in [0.05, 0.1) is 5.75 Å². The zero-order valence-electron chi connectivity index (χ0n) is 7.74. The summed E-state index contributed by atoms with van der Waals surface area (Å²) in [5.74, 6) is -0.431. The standard InChI is InChI=1S/C9H8N3O2S/c13-8(12-14)5-15-9-10-6-3-1-2-4-7(6)11-9/h1-4H,5H2,(H2-,10,11,12,13,14)/q-1/p+1. The zero-order valence-corrected chi connectivity index (χ0v) is 8.56. The van der Waals surface area contributed by atoms with Crippen LogP contribution in [-0.4, -0.2) is 16.6 Å². The van der Waals surface area contributed by atoms with Crippen molar-refractivity contribution >= 4 is 28.7 Å². The van der Waals surface area contributed by atoms with Crippen molar-refractivity contribution in [3.8, 4) is 0 Å². The van der Waals surface area contributed by atoms with E-state index in [1.807, 2.05) is 24.3 Å². The molecule has 1 aromatic heterocycles. The van der Waals surface area contributed by atoms with Crippen molar-refractivity contribution in [1.82, 2.24) is 10.5 Å². The molecule has 1 amide bonds. The molecule has 0 fully saturated rings. The SMILES string of the molecule is O=C(CSc1[nH]c2ccccc2[nH+]1)N[O-]. The molecule has 5 nitrogen and oxygen atoms in total. The van der Waals surface area contributed by atoms with Gasteiger partial charge in [0.1, 0.15) is 0 Å². The van der Waals surface area contributed by atoms with Crippen molar-refractivity contribution < 1.29 is 9.78 Å². The molecule has 0 aliphatic rings. The first-order chi connectivity index (χ1) is 7.29. The van der Waals surface area contributed by atoms with Crippen LogP contribution in [0.2, 0.25) is 0 Å². The van der Waals surface area contributed by atoms with Crippen molar-refractivity contribution in [2.75, 3.05) is 5.75 Å². The molecule has 0 radical (unpaired) electrons. The third kappa shape index (κ3) is 2.28. The number of fused-ring (bicyclic) bond motifs is 1. The minimum Gasteiger partial charge on any atom is -0.759 e. The second kappa shape index (κ2) is 4.33. The fourth-order valence-electron chi connectivity index (χ4n) is 1.22. The summed E-state index contributed by atoms with van der Waals surface area (Å²) in [4.78, 5) is 16.9. The quantitative estimate of drug-likeness (QED) is 0.593. The Hall–Kier alpha value is -1.53. The van der Waals surface area contributed by atoms with E-state index in [-0.39, 0.29) is 5.75 Å². The van der Waals surface area contributed by atoms with Gasteiger partial charge in [-0.25, -0.2) is 9.97 Å². The minimum absolute atomic E-state index is 0.104. The number of carbonyl (C=O) groups excluding carboxylic acids is 1. The van der Waals surface area contributed by atoms with Crippen LogP contribution in [0.4, 0.5) is 0 Å². The Morgan fingerprint density at radius 2 is 2.33 bits per heavy atom. The Balaban J connectivity index is 2.12. The summed E-state index contributed by atoms with van der Waals surface area (Å²) < 4.78 is 0. The molecule has 0 unspecified atom stereocenters. The molecule has 2 rings (SSSR count). The molecule has 0 aliphatic carbocycles. The summed E-state index contributed by atoms with van der Waals surface area (Å²) in [7, 11) is 0. The van der Waals surface area contributed by atoms with Crippen LogP contribution in [-0.2, 0) is 4.79 Å². The molecule has 0 aliphatic heterocycles. The molecule has 6 heteroatoms. The summed E-state index contributed by atoms with van der Waals surface area (Å²) in [5.41, 5.74) is 3.28. The molecule has 0 spiro atoms. The average Bonchev–Trinajstić information content (AvgIpc) is 2.68. The Morgan fingerprint density at radius 1 is 1.53 bits per heavy atom. The maximum atomic E-state index is 10.7. The van der Waals surface area contributed by atoms with Gasteiger partial charge in [-0.2, -0.15) is 0 Å². The Kier molecular flexibility index (Phi) is 2.89. The van der Waals surface area contributed by atoms with E-state index in [4.69, 9.17) is 0 Å². The lowest BCUT2D eigenvalue weighted by Gasteiger charge is -2.03. The van der Waals surface area contributed by atoms with Gasteiger partial charge in [0.15, 0.2) is 11.0 Å². The number of nitrogens with one attached hydrogen (secondary N) is 3. The molecule has 1 aromatic carbocycles. The van der Waals surface area contributed by atoms with Crippen molar-refractivity contribution in [1.29, 1.82) is 0 Å². The van der Waals surface area contributed by atoms with E-state index in [2.05, 4.69) is 9.97 Å². The molecule has 78 valence electrons. The summed E-state index contributed by atoms with van der Waals surface area (Å²) in [6.45, 7) is 0. The van der Waals surface area contributed by atoms with E-state index in [1.54, 1.807) is 0 Å². The highest BCUT2D eigenvalue weighted by molar-refractivity contribution is 7.99. The van der Waals surface area contributed by atoms with Gasteiger partial charge in [0.2, 0.25) is 5.91 Å². The number of aromatic amines is 2. The van der Waals surface area contributed by atoms with Crippen LogP contribution in [0.1, 0.15) is 0 Å². The highest BCUT2D eigenvalue weighted by atomic mass is 32.2. The molecule has 0 saturated heterocycles. The topological polar surface area (TPSA) is 82.1 Å². The first-order valence-electron chi connectivity index (χ1n) is 4.33. The average molecular weight is 223 g/mol. The number of H-pyrrole nitrogens is 2. The number of aromatic nitrogens is 2. The lowest BCUT2D eigenvalue weighted by Crippen LogP contribution is -2.18. The van der Waals surface area contributed by atoms with Crippen molar-refractivity contribution in [3.05, 3.63) is 29.5 Å². The van der Waals surface area contributed by atoms with Gasteiger partial charge in [-0.15, -0.1) is 0 Å². The van der Waals surface area contributed by atoms with Gasteiger partial charge in [-0.1, -0.05) is 12.1 Å². The predicted octanol–water partition coefficient (Wildman–Crippen LogP) is 0.688. The maximum Gasteiger partial charge on any atom is 0.315 e. The number of hydroxylamine groups is 1. The van der Waals surface area contributed by atoms with E-state index < -0.39 is 5.91 Å². The third-order valence-corrected chi connectivity index (χ3v) is 2.78. The molecular formula is C9H9N3O2S. The van der Waals surface area contributed by atoms with Gasteiger partial charge in [-0.3, -0.25) is 4.79 Å². The molecule has 0 bridgehead atoms. The highest BCUT2D eigenvalue weighted by Gasteiger charge is 2.10. The van der Waals surface area contributed by atoms with E-state index in [0.29, 0.717) is 0 Å². The number of carbonyl (C=O) groups is 1. The van der Waals surface area contributed by atoms with Crippen LogP contribution >= 0.6 is 11.8 Å². The van der Waals surface area contributed by atoms with Gasteiger partial charge in [0, 0.05) is 0 Å². The number of amides is 1. The van der Waals surface area contributed by atoms with Crippen LogP contribution in [0, 0.1) is 5.21 Å². The third-order valence-electron chi connectivity index (χ3n) is 1.88. The van der Waals surface area contributed by atoms with E-state index in [1.165, 1.54) is 17.2 Å². The maximum absolute atomic E-state index is 10.7. The number of para-hydroxylation sites is 2. The fraction of sp³-hybridized carbons (Fsp3) is 0.111. The monoisotopic (exact) mass is 223 g/mol. The molecule has 1 heterocycles. The molecule has 0 atom stereocenters. The van der Waals surface area contributed by atoms with E-state index in [9.17, 15) is 10.0 Å². The second-order valence-electron chi connectivity index (χ2n) is 2.94. The van der Waals surface area contributed by atoms with E-state index >= 15 is 0 Å². The van der Waals surface area contributed by atoms with Gasteiger partial charge in [-0.05, 0) is 23.9 Å². The Bertz CT molecular complexity index is 450. The van der Waals surface area contributed by atoms with Crippen molar-refractivity contribution in [2.45, 2.75) is 5.16 Å². The number of hydrogen-bond donors (Lipinski definition) is 2. The molecular weight excluding hydrogens is 214 g/mol. The Morgan fingerprint density at radius 3 is 3.07 bits per heavy atom. The Labute approximate surface area is 89.9 Å². The van der Waals surface area contributed by atoms with Crippen LogP contribution in [0.5, 0.6) is 0 Å². The largest absolute Gasteiger partial charge is 0.759 e. The zero-order chi connectivity index (χ0) is 10.7. The van der Waals surface area contributed by atoms with Crippen molar-refractivity contribution in [2.24, 2.45) is 0 Å². The number of thioether (sulfide) groups is 1. The molecule has 2 aromatic rings. The molecule has 15 heavy (non-hydrogen) atoms. The highest BCUT2D eigenvalue weighted by Crippen LogP contribution is 2.14. The lowest BCUT2D eigenvalue weighted by atomic mass is 10.3. The first kappa shape index (κ1) is 10.0. The van der Waals surface area contributed by atoms with Crippen LogP contribution in [0.25, 0.3) is 11.0 Å². The predicted molar refractivity (Wildman–Crippen MR) is 57.1 cm³/mol. The molecule has 0 saturated carbocycles. The molecule has 3 N–H and O–H groups in total. The fourth-order valence-corrected chi connectivity index (χ4v) is 1.91. The number of hydrogen-bond acceptors (Lipinski definition) is 3. The smallest absolute Gasteiger partial charge is 0.315 e. The van der Waals surface area contributed by atoms with Crippen LogP contribution in [0.3, 0.4) is 0 Å². The summed E-state index contributed by atoms with van der Waals surface area (Å²) in [6.07, 6.45) is 0. The number of imidazole rings is 1. The van der Waals surface area contributed by atoms with Gasteiger partial charge in [0.25, 0.3) is 0 Å². The normalized spacial score (nSPS) is 10.5. The second-order valence-corrected chi connectivity index (χ2v) is 3.92. The minimum atomic E-state index is -0.535. The summed E-state index contributed by atoms with van der Waals surface area (Å²) in [5, 5.41) is 10.8. The van der Waals surface area contributed by atoms with Gasteiger partial charge < -0.3 is 10.7 Å². The van der Waals surface area contributed by atoms with E-state index in [0.717, 1.165) is 16.2 Å². The summed E-state index contributed by atoms with van der Waals surface area (Å²) >= 11 is 1.26. The lowest BCUT2D eigenvalue weighted by molar-refractivity contribution is -0.396. The number of rotatable bonds is 3. The van der Waals surface area contributed by atoms with Gasteiger partial charge >= 0.3 is 5.16 Å². The summed E-state index contributed by atoms with van der Waals surface area (Å²) in [6, 6.07) is 7.71. The number of benzene rings is 1. The van der Waals surface area contributed by atoms with Crippen LogP contribution < -0.4 is 10.5 Å². The first-order valence-corrected chi connectivity index (χ1v) is 5.32.